The first-order valence-electron chi connectivity index (χ1n) is 4.71. The van der Waals surface area contributed by atoms with Crippen LogP contribution in [0.1, 0.15) is 18.5 Å². The molecule has 0 saturated heterocycles. The fourth-order valence-electron chi connectivity index (χ4n) is 1.85. The molecule has 0 bridgehead atoms. The molecule has 1 aromatic heterocycles. The van der Waals surface area contributed by atoms with Gasteiger partial charge in [0.15, 0.2) is 0 Å². The fourth-order valence-corrected chi connectivity index (χ4v) is 1.85. The molecule has 76 valence electrons. The van der Waals surface area contributed by atoms with E-state index in [1.54, 1.807) is 0 Å². The van der Waals surface area contributed by atoms with Crippen LogP contribution in [0, 0.1) is 0 Å². The van der Waals surface area contributed by atoms with Gasteiger partial charge >= 0.3 is 5.76 Å². The Morgan fingerprint density at radius 3 is 3.13 bits per heavy atom. The van der Waals surface area contributed by atoms with Gasteiger partial charge in [-0.25, -0.2) is 4.79 Å². The van der Waals surface area contributed by atoms with Crippen LogP contribution in [-0.4, -0.2) is 9.72 Å². The Hall–Kier alpha value is -2.04. The van der Waals surface area contributed by atoms with Gasteiger partial charge in [0.25, 0.3) is 0 Å². The Balaban J connectivity index is 2.23. The van der Waals surface area contributed by atoms with E-state index in [0.29, 0.717) is 5.95 Å². The quantitative estimate of drug-likeness (QED) is 0.704. The smallest absolute Gasteiger partial charge is 0.323 e. The molecule has 0 fully saturated rings. The Labute approximate surface area is 85.3 Å². The first-order chi connectivity index (χ1) is 7.25. The number of anilines is 2. The zero-order chi connectivity index (χ0) is 10.4. The first kappa shape index (κ1) is 8.28. The third-order valence-electron chi connectivity index (χ3n) is 2.59. The number of aromatic nitrogens is 2. The average Bonchev–Trinajstić information content (AvgIpc) is 2.59. The third-order valence-corrected chi connectivity index (χ3v) is 2.59. The van der Waals surface area contributed by atoms with Crippen LogP contribution < -0.4 is 11.1 Å². The minimum atomic E-state index is -0.572. The van der Waals surface area contributed by atoms with E-state index in [0.717, 1.165) is 11.3 Å². The molecule has 1 N–H and O–H groups in total. The van der Waals surface area contributed by atoms with Gasteiger partial charge in [0.1, 0.15) is 0 Å². The second-order valence-corrected chi connectivity index (χ2v) is 3.51. The molecule has 2 heterocycles. The molecule has 1 aliphatic rings. The van der Waals surface area contributed by atoms with Crippen LogP contribution in [-0.2, 0) is 0 Å². The van der Waals surface area contributed by atoms with E-state index in [2.05, 4.69) is 10.3 Å². The van der Waals surface area contributed by atoms with Crippen LogP contribution in [0.5, 0.6) is 0 Å². The van der Waals surface area contributed by atoms with Gasteiger partial charge < -0.3 is 9.84 Å². The van der Waals surface area contributed by atoms with E-state index in [4.69, 9.17) is 4.52 Å². The van der Waals surface area contributed by atoms with Crippen molar-refractivity contribution in [3.63, 3.8) is 0 Å². The summed E-state index contributed by atoms with van der Waals surface area (Å²) >= 11 is 0. The van der Waals surface area contributed by atoms with Gasteiger partial charge in [-0.3, -0.25) is 0 Å². The third kappa shape index (κ3) is 1.09. The molecule has 0 spiro atoms. The highest BCUT2D eigenvalue weighted by Crippen LogP contribution is 2.33. The van der Waals surface area contributed by atoms with Gasteiger partial charge in [-0.15, -0.1) is 4.98 Å². The zero-order valence-electron chi connectivity index (χ0n) is 8.10. The van der Waals surface area contributed by atoms with Crippen molar-refractivity contribution in [2.24, 2.45) is 0 Å². The van der Waals surface area contributed by atoms with Crippen molar-refractivity contribution in [3.05, 3.63) is 40.4 Å². The number of hydrogen-bond acceptors (Lipinski definition) is 4. The van der Waals surface area contributed by atoms with Crippen LogP contribution in [0.2, 0.25) is 0 Å². The van der Waals surface area contributed by atoms with Gasteiger partial charge in [0, 0.05) is 11.3 Å². The average molecular weight is 203 g/mol. The van der Waals surface area contributed by atoms with Gasteiger partial charge in [0.2, 0.25) is 5.95 Å². The van der Waals surface area contributed by atoms with Gasteiger partial charge in [-0.05, 0) is 13.0 Å². The lowest BCUT2D eigenvalue weighted by molar-refractivity contribution is 0.235. The molecule has 2 aromatic rings. The molecule has 0 aliphatic carbocycles. The molecule has 0 amide bonds. The predicted octanol–water partition coefficient (Wildman–Crippen LogP) is 1.50. The summed E-state index contributed by atoms with van der Waals surface area (Å²) in [5.74, 6) is -0.108. The van der Waals surface area contributed by atoms with Crippen LogP contribution in [0.4, 0.5) is 11.6 Å². The largest absolute Gasteiger partial charge is 0.461 e. The van der Waals surface area contributed by atoms with E-state index < -0.39 is 5.76 Å². The van der Waals surface area contributed by atoms with Gasteiger partial charge in [-0.1, -0.05) is 18.2 Å². The Morgan fingerprint density at radius 2 is 2.27 bits per heavy atom. The summed E-state index contributed by atoms with van der Waals surface area (Å²) < 4.78 is 6.45. The number of hydrogen-bond donors (Lipinski definition) is 1. The number of nitrogens with zero attached hydrogens (tertiary/aromatic N) is 2. The number of nitrogens with one attached hydrogen (secondary N) is 1. The number of rotatable bonds is 0. The molecule has 1 unspecified atom stereocenters. The van der Waals surface area contributed by atoms with Crippen molar-refractivity contribution in [2.75, 3.05) is 5.32 Å². The normalized spacial score (nSPS) is 17.8. The van der Waals surface area contributed by atoms with Crippen LogP contribution >= 0.6 is 0 Å². The summed E-state index contributed by atoms with van der Waals surface area (Å²) in [6, 6.07) is 7.83. The molecule has 0 radical (unpaired) electrons. The van der Waals surface area contributed by atoms with E-state index in [1.807, 2.05) is 31.2 Å². The minimum absolute atomic E-state index is 0.00681. The lowest BCUT2D eigenvalue weighted by atomic mass is 10.1. The summed E-state index contributed by atoms with van der Waals surface area (Å²) in [7, 11) is 0. The van der Waals surface area contributed by atoms with Crippen molar-refractivity contribution < 1.29 is 4.52 Å². The highest BCUT2D eigenvalue weighted by molar-refractivity contribution is 5.62. The van der Waals surface area contributed by atoms with Crippen molar-refractivity contribution in [2.45, 2.75) is 13.0 Å². The van der Waals surface area contributed by atoms with E-state index >= 15 is 0 Å². The second-order valence-electron chi connectivity index (χ2n) is 3.51. The molecule has 1 aliphatic heterocycles. The molecule has 1 aromatic carbocycles. The lowest BCUT2D eigenvalue weighted by Crippen LogP contribution is -2.16. The van der Waals surface area contributed by atoms with Crippen molar-refractivity contribution in [1.29, 1.82) is 0 Å². The van der Waals surface area contributed by atoms with Crippen molar-refractivity contribution >= 4 is 11.6 Å². The summed E-state index contributed by atoms with van der Waals surface area (Å²) in [4.78, 5) is 14.7. The maximum absolute atomic E-state index is 11.0. The molecule has 15 heavy (non-hydrogen) atoms. The summed E-state index contributed by atoms with van der Waals surface area (Å²) in [6.07, 6.45) is 0. The SMILES string of the molecule is CC1c2ccccc2Nc2nc(=O)on21. The molecule has 3 rings (SSSR count). The standard InChI is InChI=1S/C10H9N3O2/c1-6-7-4-2-3-5-8(7)11-9-12-10(14)15-13(6)9/h2-6H,1H3,(H,11,12,14). The zero-order valence-corrected chi connectivity index (χ0v) is 8.10. The Morgan fingerprint density at radius 1 is 1.47 bits per heavy atom. The second kappa shape index (κ2) is 2.73. The van der Waals surface area contributed by atoms with Crippen LogP contribution in [0.3, 0.4) is 0 Å². The van der Waals surface area contributed by atoms with Crippen molar-refractivity contribution in [1.82, 2.24) is 9.72 Å². The number of fused-ring (bicyclic) bond motifs is 2. The maximum Gasteiger partial charge on any atom is 0.461 e. The fraction of sp³-hybridized carbons (Fsp3) is 0.200. The first-order valence-corrected chi connectivity index (χ1v) is 4.71. The summed E-state index contributed by atoms with van der Waals surface area (Å²) in [5.41, 5.74) is 2.06. The molecule has 5 nitrogen and oxygen atoms in total. The number of benzene rings is 1. The molecular weight excluding hydrogens is 194 g/mol. The molecule has 1 atom stereocenters. The van der Waals surface area contributed by atoms with Crippen LogP contribution in [0.15, 0.2) is 33.6 Å². The topological polar surface area (TPSA) is 60.1 Å². The Kier molecular flexibility index (Phi) is 1.50. The summed E-state index contributed by atoms with van der Waals surface area (Å²) in [5, 5.41) is 3.05. The van der Waals surface area contributed by atoms with Crippen LogP contribution in [0.25, 0.3) is 0 Å². The molecule has 0 saturated carbocycles. The molecule has 5 heteroatoms. The highest BCUT2D eigenvalue weighted by Gasteiger charge is 2.24. The highest BCUT2D eigenvalue weighted by atomic mass is 16.5. The van der Waals surface area contributed by atoms with Gasteiger partial charge in [0.05, 0.1) is 6.04 Å². The van der Waals surface area contributed by atoms with Crippen molar-refractivity contribution in [3.8, 4) is 0 Å². The number of para-hydroxylation sites is 1. The Bertz CT molecular complexity index is 570. The predicted molar refractivity (Wildman–Crippen MR) is 54.3 cm³/mol. The maximum atomic E-state index is 11.0. The minimum Gasteiger partial charge on any atom is -0.323 e. The monoisotopic (exact) mass is 203 g/mol. The van der Waals surface area contributed by atoms with Gasteiger partial charge in [-0.2, -0.15) is 4.74 Å². The van der Waals surface area contributed by atoms with E-state index in [-0.39, 0.29) is 6.04 Å². The summed E-state index contributed by atoms with van der Waals surface area (Å²) in [6.45, 7) is 1.97. The van der Waals surface area contributed by atoms with E-state index in [9.17, 15) is 4.79 Å². The molecular formula is C10H9N3O2. The lowest BCUT2D eigenvalue weighted by Gasteiger charge is -2.23. The van der Waals surface area contributed by atoms with E-state index in [1.165, 1.54) is 4.74 Å².